The van der Waals surface area contributed by atoms with E-state index in [0.29, 0.717) is 0 Å². The molecule has 22 heavy (non-hydrogen) atoms. The number of halogens is 2. The monoisotopic (exact) mass is 316 g/mol. The number of alkyl halides is 2. The molecule has 1 aromatic heterocycles. The first-order valence-corrected chi connectivity index (χ1v) is 6.37. The van der Waals surface area contributed by atoms with Crippen molar-refractivity contribution in [1.82, 2.24) is 9.55 Å². The van der Waals surface area contributed by atoms with E-state index in [1.165, 1.54) is 6.92 Å². The summed E-state index contributed by atoms with van der Waals surface area (Å²) >= 11 is 0. The first kappa shape index (κ1) is 16.4. The van der Waals surface area contributed by atoms with Gasteiger partial charge in [0, 0.05) is 11.8 Å². The zero-order chi connectivity index (χ0) is 16.5. The normalized spacial score (nSPS) is 30.9. The summed E-state index contributed by atoms with van der Waals surface area (Å²) in [6.45, 7) is -0.520. The Balaban J connectivity index is 2.62. The van der Waals surface area contributed by atoms with Gasteiger partial charge in [0.05, 0.1) is 6.61 Å². The van der Waals surface area contributed by atoms with Gasteiger partial charge in [0.1, 0.15) is 18.9 Å². The second kappa shape index (κ2) is 6.00. The lowest BCUT2D eigenvalue weighted by Gasteiger charge is -2.25. The maximum absolute atomic E-state index is 15.1. The molecule has 9 heteroatoms. The van der Waals surface area contributed by atoms with Gasteiger partial charge in [-0.3, -0.25) is 14.3 Å². The van der Waals surface area contributed by atoms with Crippen LogP contribution in [0.5, 0.6) is 0 Å². The summed E-state index contributed by atoms with van der Waals surface area (Å²) in [7, 11) is 0. The predicted molar refractivity (Wildman–Crippen MR) is 70.7 cm³/mol. The number of nitrogens with one attached hydrogen (secondary N) is 1. The van der Waals surface area contributed by atoms with Crippen LogP contribution in [0.1, 0.15) is 11.9 Å². The molecule has 7 nitrogen and oxygen atoms in total. The van der Waals surface area contributed by atoms with Crippen LogP contribution in [0.25, 0.3) is 0 Å². The number of hydrogen-bond donors (Lipinski definition) is 3. The van der Waals surface area contributed by atoms with Gasteiger partial charge >= 0.3 is 5.69 Å². The Kier molecular flexibility index (Phi) is 4.46. The number of aryl methyl sites for hydroxylation is 1. The molecule has 0 amide bonds. The SMILES string of the molecule is Cc1cc(=O)[nH]c(=O)n1[C@@H]1O[C@H](CO)[C@H](O)C1(F)C#CCF. The molecule has 1 unspecified atom stereocenters. The fourth-order valence-corrected chi connectivity index (χ4v) is 2.36. The van der Waals surface area contributed by atoms with Crippen LogP contribution in [0.3, 0.4) is 0 Å². The lowest BCUT2D eigenvalue weighted by molar-refractivity contribution is -0.0552. The highest BCUT2D eigenvalue weighted by molar-refractivity contribution is 5.24. The van der Waals surface area contributed by atoms with Crippen LogP contribution in [0, 0.1) is 18.8 Å². The first-order valence-electron chi connectivity index (χ1n) is 6.37. The summed E-state index contributed by atoms with van der Waals surface area (Å²) in [6.07, 6.45) is -4.97. The quantitative estimate of drug-likeness (QED) is 0.593. The molecule has 0 aromatic carbocycles. The fourth-order valence-electron chi connectivity index (χ4n) is 2.36. The van der Waals surface area contributed by atoms with E-state index in [9.17, 15) is 19.1 Å². The van der Waals surface area contributed by atoms with Gasteiger partial charge in [-0.2, -0.15) is 0 Å². The van der Waals surface area contributed by atoms with Gasteiger partial charge < -0.3 is 14.9 Å². The highest BCUT2D eigenvalue weighted by Crippen LogP contribution is 2.40. The molecule has 0 aliphatic carbocycles. The highest BCUT2D eigenvalue weighted by Gasteiger charge is 2.58. The number of aliphatic hydroxyl groups is 2. The van der Waals surface area contributed by atoms with E-state index in [1.807, 2.05) is 16.8 Å². The molecular weight excluding hydrogens is 302 g/mol. The zero-order valence-electron chi connectivity index (χ0n) is 11.5. The van der Waals surface area contributed by atoms with Crippen LogP contribution in [0.2, 0.25) is 0 Å². The van der Waals surface area contributed by atoms with Gasteiger partial charge in [-0.05, 0) is 6.92 Å². The predicted octanol–water partition coefficient (Wildman–Crippen LogP) is -1.22. The van der Waals surface area contributed by atoms with E-state index in [4.69, 9.17) is 9.84 Å². The minimum atomic E-state index is -2.81. The molecule has 120 valence electrons. The van der Waals surface area contributed by atoms with Crippen molar-refractivity contribution in [2.24, 2.45) is 0 Å². The van der Waals surface area contributed by atoms with E-state index in [0.717, 1.165) is 10.6 Å². The van der Waals surface area contributed by atoms with Gasteiger partial charge in [-0.1, -0.05) is 11.8 Å². The third-order valence-electron chi connectivity index (χ3n) is 3.38. The third-order valence-corrected chi connectivity index (χ3v) is 3.38. The van der Waals surface area contributed by atoms with E-state index >= 15 is 4.39 Å². The van der Waals surface area contributed by atoms with Crippen molar-refractivity contribution in [1.29, 1.82) is 0 Å². The van der Waals surface area contributed by atoms with Crippen LogP contribution < -0.4 is 11.2 Å². The maximum Gasteiger partial charge on any atom is 0.330 e. The smallest absolute Gasteiger partial charge is 0.330 e. The van der Waals surface area contributed by atoms with Crippen LogP contribution in [-0.2, 0) is 4.74 Å². The molecule has 1 aliphatic heterocycles. The molecule has 0 bridgehead atoms. The van der Waals surface area contributed by atoms with Crippen molar-refractivity contribution in [2.75, 3.05) is 13.3 Å². The summed E-state index contributed by atoms with van der Waals surface area (Å²) < 4.78 is 33.2. The molecule has 4 atom stereocenters. The van der Waals surface area contributed by atoms with Crippen molar-refractivity contribution >= 4 is 0 Å². The van der Waals surface area contributed by atoms with Gasteiger partial charge in [0.2, 0.25) is 5.67 Å². The second-order valence-corrected chi connectivity index (χ2v) is 4.81. The van der Waals surface area contributed by atoms with E-state index < -0.39 is 48.6 Å². The molecular formula is C13H14F2N2O5. The molecule has 1 aliphatic rings. The molecule has 0 saturated carbocycles. The summed E-state index contributed by atoms with van der Waals surface area (Å²) in [5, 5.41) is 19.1. The van der Waals surface area contributed by atoms with Crippen molar-refractivity contribution in [2.45, 2.75) is 31.0 Å². The number of aromatic nitrogens is 2. The molecule has 0 radical (unpaired) electrons. The summed E-state index contributed by atoms with van der Waals surface area (Å²) in [4.78, 5) is 25.1. The Hall–Kier alpha value is -2.02. The van der Waals surface area contributed by atoms with Crippen molar-refractivity contribution < 1.29 is 23.7 Å². The number of ether oxygens (including phenoxy) is 1. The standard InChI is InChI=1S/C13H14F2N2O5/c1-7-5-9(19)16-12(21)17(7)11-13(15,3-2-4-14)10(20)8(6-18)22-11/h5,8,10-11,18,20H,4,6H2,1H3,(H,16,19,21)/t8-,10+,11-,13?/m1/s1. The van der Waals surface area contributed by atoms with Crippen molar-refractivity contribution in [3.63, 3.8) is 0 Å². The Morgan fingerprint density at radius 3 is 2.77 bits per heavy atom. The molecule has 2 rings (SSSR count). The van der Waals surface area contributed by atoms with Gasteiger partial charge in [0.15, 0.2) is 6.23 Å². The number of rotatable bonds is 2. The number of aliphatic hydroxyl groups excluding tert-OH is 2. The minimum Gasteiger partial charge on any atom is -0.394 e. The number of hydrogen-bond acceptors (Lipinski definition) is 5. The molecule has 1 aromatic rings. The molecule has 3 N–H and O–H groups in total. The Morgan fingerprint density at radius 1 is 1.55 bits per heavy atom. The van der Waals surface area contributed by atoms with E-state index in [-0.39, 0.29) is 5.69 Å². The fraction of sp³-hybridized carbons (Fsp3) is 0.538. The molecule has 1 fully saturated rings. The second-order valence-electron chi connectivity index (χ2n) is 4.81. The molecule has 2 heterocycles. The Labute approximate surface area is 123 Å². The zero-order valence-corrected chi connectivity index (χ0v) is 11.5. The van der Waals surface area contributed by atoms with Gasteiger partial charge in [-0.25, -0.2) is 13.6 Å². The first-order chi connectivity index (χ1) is 10.3. The number of nitrogens with zero attached hydrogens (tertiary/aromatic N) is 1. The summed E-state index contributed by atoms with van der Waals surface area (Å²) in [5.41, 5.74) is -4.40. The molecule has 1 saturated heterocycles. The van der Waals surface area contributed by atoms with Crippen LogP contribution in [0.4, 0.5) is 8.78 Å². The average Bonchev–Trinajstić information content (AvgIpc) is 2.69. The third kappa shape index (κ3) is 2.56. The summed E-state index contributed by atoms with van der Waals surface area (Å²) in [5.74, 6) is 3.77. The van der Waals surface area contributed by atoms with Gasteiger partial charge in [0.25, 0.3) is 5.56 Å². The number of aromatic amines is 1. The Bertz CT molecular complexity index is 734. The lowest BCUT2D eigenvalue weighted by atomic mass is 9.96. The van der Waals surface area contributed by atoms with Crippen LogP contribution >= 0.6 is 0 Å². The van der Waals surface area contributed by atoms with Crippen LogP contribution in [0.15, 0.2) is 15.7 Å². The lowest BCUT2D eigenvalue weighted by Crippen LogP contribution is -2.45. The van der Waals surface area contributed by atoms with Gasteiger partial charge in [-0.15, -0.1) is 0 Å². The van der Waals surface area contributed by atoms with E-state index in [2.05, 4.69) is 0 Å². The van der Waals surface area contributed by atoms with E-state index in [1.54, 1.807) is 0 Å². The number of H-pyrrole nitrogens is 1. The minimum absolute atomic E-state index is 0.0635. The van der Waals surface area contributed by atoms with Crippen molar-refractivity contribution in [3.8, 4) is 11.8 Å². The Morgan fingerprint density at radius 2 is 2.23 bits per heavy atom. The van der Waals surface area contributed by atoms with Crippen LogP contribution in [-0.4, -0.2) is 50.9 Å². The highest BCUT2D eigenvalue weighted by atomic mass is 19.1. The summed E-state index contributed by atoms with van der Waals surface area (Å²) in [6, 6.07) is 1.03. The average molecular weight is 316 g/mol. The maximum atomic E-state index is 15.1. The topological polar surface area (TPSA) is 105 Å². The van der Waals surface area contributed by atoms with Crippen molar-refractivity contribution in [3.05, 3.63) is 32.6 Å². The largest absolute Gasteiger partial charge is 0.394 e. The molecule has 0 spiro atoms.